The largest absolute Gasteiger partial charge is 0.509 e. The first-order valence-electron chi connectivity index (χ1n) is 18.8. The van der Waals surface area contributed by atoms with Gasteiger partial charge in [-0.25, -0.2) is 33.3 Å². The molecule has 4 atom stereocenters. The molecule has 18 nitrogen and oxygen atoms in total. The van der Waals surface area contributed by atoms with E-state index in [2.05, 4.69) is 15.0 Å². The summed E-state index contributed by atoms with van der Waals surface area (Å²) in [4.78, 5) is 80.5. The van der Waals surface area contributed by atoms with Crippen LogP contribution in [-0.4, -0.2) is 110 Å². The van der Waals surface area contributed by atoms with Crippen LogP contribution in [0, 0.1) is 0 Å². The Balaban J connectivity index is 1.82. The first-order chi connectivity index (χ1) is 27.4. The summed E-state index contributed by atoms with van der Waals surface area (Å²) in [6, 6.07) is 8.43. The van der Waals surface area contributed by atoms with E-state index in [9.17, 15) is 24.0 Å². The average molecular weight is 852 g/mol. The molecule has 1 aliphatic heterocycles. The van der Waals surface area contributed by atoms with Crippen LogP contribution in [0.4, 0.5) is 24.6 Å². The zero-order valence-electron chi connectivity index (χ0n) is 34.9. The second kappa shape index (κ2) is 18.4. The van der Waals surface area contributed by atoms with Gasteiger partial charge in [-0.2, -0.15) is 14.9 Å². The van der Waals surface area contributed by atoms with Gasteiger partial charge in [0.1, 0.15) is 22.9 Å². The number of nitrogens with zero attached hydrogens (tertiary/aromatic N) is 5. The van der Waals surface area contributed by atoms with E-state index in [1.165, 1.54) is 13.8 Å². The topological polar surface area (TPSA) is 206 Å². The van der Waals surface area contributed by atoms with Crippen molar-refractivity contribution in [3.05, 3.63) is 47.5 Å². The number of halogens is 2. The third-order valence-electron chi connectivity index (χ3n) is 7.90. The Kier molecular flexibility index (Phi) is 14.5. The van der Waals surface area contributed by atoms with Crippen LogP contribution >= 0.6 is 11.6 Å². The molecule has 20 heteroatoms. The molecule has 0 N–H and O–H groups in total. The lowest BCUT2D eigenvalue weighted by Gasteiger charge is -2.31. The van der Waals surface area contributed by atoms with Crippen LogP contribution in [0.3, 0.4) is 0 Å². The molecular formula is C39H51ClFN5O13. The van der Waals surface area contributed by atoms with Gasteiger partial charge in [0, 0.05) is 6.42 Å². The molecule has 4 rings (SSSR count). The summed E-state index contributed by atoms with van der Waals surface area (Å²) in [5.41, 5.74) is -5.60. The Labute approximate surface area is 345 Å². The summed E-state index contributed by atoms with van der Waals surface area (Å²) in [6.07, 6.45) is -10.3. The number of aromatic nitrogens is 4. The Hall–Kier alpha value is -5.14. The minimum Gasteiger partial charge on any atom is -0.463 e. The fraction of sp³-hybridized carbons (Fsp3) is 0.590. The minimum absolute atomic E-state index is 0.129. The van der Waals surface area contributed by atoms with Gasteiger partial charge in [0.2, 0.25) is 5.28 Å². The van der Waals surface area contributed by atoms with Crippen molar-refractivity contribution in [2.24, 2.45) is 0 Å². The van der Waals surface area contributed by atoms with Crippen LogP contribution < -0.4 is 4.90 Å². The van der Waals surface area contributed by atoms with Crippen molar-refractivity contribution in [1.82, 2.24) is 19.5 Å². The van der Waals surface area contributed by atoms with Gasteiger partial charge in [-0.15, -0.1) is 0 Å². The zero-order chi connectivity index (χ0) is 44.1. The summed E-state index contributed by atoms with van der Waals surface area (Å²) in [7, 11) is 0. The summed E-state index contributed by atoms with van der Waals surface area (Å²) in [6.45, 7) is 16.3. The maximum absolute atomic E-state index is 16.9. The molecule has 0 spiro atoms. The molecule has 2 aromatic heterocycles. The molecule has 1 aromatic carbocycles. The molecule has 1 fully saturated rings. The number of fused-ring (bicyclic) bond motifs is 1. The number of imide groups is 1. The van der Waals surface area contributed by atoms with Gasteiger partial charge >= 0.3 is 30.3 Å². The smallest absolute Gasteiger partial charge is 0.463 e. The number of carbonyl (C=O) groups excluding carboxylic acids is 5. The highest BCUT2D eigenvalue weighted by molar-refractivity contribution is 6.29. The van der Waals surface area contributed by atoms with Gasteiger partial charge in [-0.1, -0.05) is 30.3 Å². The number of ether oxygens (including phenoxy) is 8. The molecule has 1 saturated heterocycles. The van der Waals surface area contributed by atoms with Crippen molar-refractivity contribution in [2.75, 3.05) is 24.7 Å². The number of anilines is 1. The van der Waals surface area contributed by atoms with Crippen molar-refractivity contribution in [2.45, 2.75) is 130 Å². The third kappa shape index (κ3) is 11.8. The Morgan fingerprint density at radius 1 is 0.831 bits per heavy atom. The molecular weight excluding hydrogens is 801 g/mol. The molecule has 0 unspecified atom stereocenters. The van der Waals surface area contributed by atoms with Crippen LogP contribution in [0.5, 0.6) is 0 Å². The summed E-state index contributed by atoms with van der Waals surface area (Å²) < 4.78 is 62.6. The maximum Gasteiger partial charge on any atom is 0.509 e. The van der Waals surface area contributed by atoms with E-state index in [0.29, 0.717) is 10.5 Å². The van der Waals surface area contributed by atoms with Gasteiger partial charge in [0.05, 0.1) is 26.1 Å². The van der Waals surface area contributed by atoms with Crippen molar-refractivity contribution < 1.29 is 66.3 Å². The van der Waals surface area contributed by atoms with E-state index in [-0.39, 0.29) is 30.8 Å². The van der Waals surface area contributed by atoms with Crippen LogP contribution in [0.1, 0.15) is 88.0 Å². The van der Waals surface area contributed by atoms with E-state index in [1.54, 1.807) is 92.6 Å². The Morgan fingerprint density at radius 3 is 1.88 bits per heavy atom. The van der Waals surface area contributed by atoms with E-state index in [0.717, 1.165) is 10.9 Å². The predicted molar refractivity (Wildman–Crippen MR) is 207 cm³/mol. The van der Waals surface area contributed by atoms with Gasteiger partial charge < -0.3 is 37.9 Å². The van der Waals surface area contributed by atoms with Gasteiger partial charge in [-0.3, -0.25) is 4.57 Å². The van der Waals surface area contributed by atoms with Gasteiger partial charge in [0.25, 0.3) is 5.60 Å². The number of imidazole rings is 1. The minimum atomic E-state index is -2.42. The zero-order valence-corrected chi connectivity index (χ0v) is 35.7. The Bertz CT molecular complexity index is 1950. The lowest BCUT2D eigenvalue weighted by atomic mass is 9.93. The van der Waals surface area contributed by atoms with Crippen LogP contribution in [0.15, 0.2) is 36.7 Å². The fourth-order valence-corrected chi connectivity index (χ4v) is 5.82. The van der Waals surface area contributed by atoms with Crippen molar-refractivity contribution in [1.29, 1.82) is 0 Å². The lowest BCUT2D eigenvalue weighted by molar-refractivity contribution is -0.197. The molecule has 0 saturated carbocycles. The van der Waals surface area contributed by atoms with E-state index in [4.69, 9.17) is 49.5 Å². The van der Waals surface area contributed by atoms with Crippen molar-refractivity contribution in [3.8, 4) is 0 Å². The van der Waals surface area contributed by atoms with E-state index < -0.39 is 95.0 Å². The molecule has 0 bridgehead atoms. The van der Waals surface area contributed by atoms with Crippen molar-refractivity contribution in [3.63, 3.8) is 0 Å². The van der Waals surface area contributed by atoms with Gasteiger partial charge in [0.15, 0.2) is 35.5 Å². The van der Waals surface area contributed by atoms with Crippen LogP contribution in [0.2, 0.25) is 5.28 Å². The SMILES string of the molecule is CCOC(=O)C(Cc1ccccc1)(OC[C@H]1O[C@@H](n2cnc3c(N(C(=O)OC(C)(C)C)C(=O)OC(C)(C)C)nc(Cl)nc32)[C@@H](F)[C@@H]1OC(=O)OC(C)(C)C)C(=O)OCC. The first kappa shape index (κ1) is 46.5. The third-order valence-corrected chi connectivity index (χ3v) is 8.07. The summed E-state index contributed by atoms with van der Waals surface area (Å²) in [5.74, 6) is -2.64. The molecule has 324 valence electrons. The summed E-state index contributed by atoms with van der Waals surface area (Å²) in [5, 5.41) is -0.504. The highest BCUT2D eigenvalue weighted by atomic mass is 35.5. The number of carbonyl (C=O) groups is 5. The highest BCUT2D eigenvalue weighted by Gasteiger charge is 2.55. The first-order valence-corrected chi connectivity index (χ1v) is 19.1. The fourth-order valence-electron chi connectivity index (χ4n) is 5.66. The highest BCUT2D eigenvalue weighted by Crippen LogP contribution is 2.39. The van der Waals surface area contributed by atoms with Crippen LogP contribution in [-0.2, 0) is 53.9 Å². The normalized spacial score (nSPS) is 18.5. The molecule has 3 heterocycles. The second-order valence-electron chi connectivity index (χ2n) is 16.2. The number of benzene rings is 1. The maximum atomic E-state index is 16.9. The quantitative estimate of drug-likeness (QED) is 0.0792. The van der Waals surface area contributed by atoms with E-state index >= 15 is 4.39 Å². The number of hydrogen-bond acceptors (Lipinski definition) is 16. The van der Waals surface area contributed by atoms with Gasteiger partial charge in [-0.05, 0) is 93.3 Å². The number of esters is 2. The average Bonchev–Trinajstić information content (AvgIpc) is 3.64. The van der Waals surface area contributed by atoms with Crippen LogP contribution in [0.25, 0.3) is 11.2 Å². The molecule has 3 aromatic rings. The molecule has 2 amide bonds. The number of amides is 2. The molecule has 59 heavy (non-hydrogen) atoms. The number of alkyl halides is 1. The number of hydrogen-bond donors (Lipinski definition) is 0. The molecule has 0 radical (unpaired) electrons. The lowest BCUT2D eigenvalue weighted by Crippen LogP contribution is -2.54. The Morgan fingerprint density at radius 2 is 1.37 bits per heavy atom. The van der Waals surface area contributed by atoms with E-state index in [1.807, 2.05) is 0 Å². The second-order valence-corrected chi connectivity index (χ2v) is 16.6. The predicted octanol–water partition coefficient (Wildman–Crippen LogP) is 6.84. The van der Waals surface area contributed by atoms with Crippen molar-refractivity contribution >= 4 is 58.9 Å². The summed E-state index contributed by atoms with van der Waals surface area (Å²) >= 11 is 6.36. The molecule has 1 aliphatic rings. The monoisotopic (exact) mass is 851 g/mol. The standard InChI is InChI=1S/C39H51ClFN5O13/c1-12-52-30(47)39(31(48)53-13-2,19-22-17-15-14-16-18-22)54-20-23-26(56-35(51)59-38(9,10)11)24(41)29(55-23)45-21-42-25-27(45)43-32(40)44-28(25)46(33(49)57-36(3,4)5)34(50)58-37(6,7)8/h14-18,21,23-24,26,29H,12-13,19-20H2,1-11H3/t23-,24+,26-,29-/m1/s1. The number of rotatable bonds is 12. The molecule has 0 aliphatic carbocycles.